The van der Waals surface area contributed by atoms with Gasteiger partial charge in [-0.3, -0.25) is 4.79 Å². The summed E-state index contributed by atoms with van der Waals surface area (Å²) in [4.78, 5) is 35.2. The van der Waals surface area contributed by atoms with Crippen molar-refractivity contribution in [2.24, 2.45) is 5.92 Å². The van der Waals surface area contributed by atoms with Crippen LogP contribution in [-0.4, -0.2) is 85.3 Å². The average Bonchev–Trinajstić information content (AvgIpc) is 3.29. The first-order valence-corrected chi connectivity index (χ1v) is 14.3. The predicted octanol–water partition coefficient (Wildman–Crippen LogP) is 3.35. The van der Waals surface area contributed by atoms with Crippen LogP contribution in [0.5, 0.6) is 0 Å². The zero-order valence-electron chi connectivity index (χ0n) is 20.4. The van der Waals surface area contributed by atoms with Gasteiger partial charge in [0.25, 0.3) is 0 Å². The van der Waals surface area contributed by atoms with Crippen LogP contribution < -0.4 is 4.90 Å². The van der Waals surface area contributed by atoms with E-state index in [2.05, 4.69) is 9.88 Å². The van der Waals surface area contributed by atoms with Gasteiger partial charge in [0, 0.05) is 62.0 Å². The van der Waals surface area contributed by atoms with E-state index in [0.29, 0.717) is 56.4 Å². The molecule has 2 fully saturated rings. The zero-order valence-corrected chi connectivity index (χ0v) is 22.0. The van der Waals surface area contributed by atoms with Gasteiger partial charge in [-0.2, -0.15) is 0 Å². The standard InChI is InChI=1S/C25H31ClN4O5S/c1-3-30(25(32)33)22-16-29(15-21(22)17-4-6-19(26)7-5-17)24(31)18-10-12-28(13-11-18)23-9-8-20(14-27-23)36(2,34)35/h4-9,14,18,21-22H,3,10-13,15-16H2,1-2H3,(H,32,33)/t21-,22+/m0/s1. The summed E-state index contributed by atoms with van der Waals surface area (Å²) < 4.78 is 23.4. The lowest BCUT2D eigenvalue weighted by Crippen LogP contribution is -2.45. The van der Waals surface area contributed by atoms with Crippen molar-refractivity contribution in [3.8, 4) is 0 Å². The molecule has 0 radical (unpaired) electrons. The van der Waals surface area contributed by atoms with E-state index >= 15 is 0 Å². The third kappa shape index (κ3) is 5.59. The summed E-state index contributed by atoms with van der Waals surface area (Å²) >= 11 is 6.06. The van der Waals surface area contributed by atoms with Crippen LogP contribution in [0.25, 0.3) is 0 Å². The Labute approximate surface area is 216 Å². The molecule has 0 saturated carbocycles. The molecule has 2 amide bonds. The number of carbonyl (C=O) groups is 2. The molecule has 1 aromatic carbocycles. The van der Waals surface area contributed by atoms with Gasteiger partial charge in [-0.25, -0.2) is 18.2 Å². The molecule has 9 nitrogen and oxygen atoms in total. The van der Waals surface area contributed by atoms with Crippen molar-refractivity contribution in [3.63, 3.8) is 0 Å². The highest BCUT2D eigenvalue weighted by Gasteiger charge is 2.42. The fraction of sp³-hybridized carbons (Fsp3) is 0.480. The number of rotatable bonds is 6. The number of piperidine rings is 1. The molecule has 0 spiro atoms. The number of sulfone groups is 1. The number of benzene rings is 1. The number of carbonyl (C=O) groups excluding carboxylic acids is 1. The van der Waals surface area contributed by atoms with E-state index in [0.717, 1.165) is 11.8 Å². The summed E-state index contributed by atoms with van der Waals surface area (Å²) in [6.45, 7) is 4.25. The molecule has 194 valence electrons. The van der Waals surface area contributed by atoms with Crippen molar-refractivity contribution < 1.29 is 23.1 Å². The van der Waals surface area contributed by atoms with Gasteiger partial charge in [0.05, 0.1) is 10.9 Å². The van der Waals surface area contributed by atoms with Crippen molar-refractivity contribution >= 4 is 39.3 Å². The summed E-state index contributed by atoms with van der Waals surface area (Å²) in [5, 5.41) is 10.4. The van der Waals surface area contributed by atoms with Crippen molar-refractivity contribution in [2.75, 3.05) is 43.9 Å². The second-order valence-corrected chi connectivity index (χ2v) is 11.9. The van der Waals surface area contributed by atoms with Gasteiger partial charge in [-0.15, -0.1) is 0 Å². The van der Waals surface area contributed by atoms with Crippen LogP contribution in [0.15, 0.2) is 47.5 Å². The normalized spacial score (nSPS) is 21.0. The summed E-state index contributed by atoms with van der Waals surface area (Å²) in [6.07, 6.45) is 2.83. The first-order chi connectivity index (χ1) is 17.1. The summed E-state index contributed by atoms with van der Waals surface area (Å²) in [5.41, 5.74) is 0.970. The molecule has 2 aromatic rings. The van der Waals surface area contributed by atoms with Crippen molar-refractivity contribution in [1.29, 1.82) is 0 Å². The molecule has 0 bridgehead atoms. The lowest BCUT2D eigenvalue weighted by Gasteiger charge is -2.34. The smallest absolute Gasteiger partial charge is 0.407 e. The Morgan fingerprint density at radius 1 is 1.11 bits per heavy atom. The first kappa shape index (κ1) is 26.2. The zero-order chi connectivity index (χ0) is 26.0. The molecular weight excluding hydrogens is 504 g/mol. The molecular formula is C25H31ClN4O5S. The minimum atomic E-state index is -3.30. The fourth-order valence-corrected chi connectivity index (χ4v) is 5.91. The highest BCUT2D eigenvalue weighted by atomic mass is 35.5. The number of nitrogens with zero attached hydrogens (tertiary/aromatic N) is 4. The predicted molar refractivity (Wildman–Crippen MR) is 137 cm³/mol. The van der Waals surface area contributed by atoms with Crippen LogP contribution in [0, 0.1) is 5.92 Å². The Balaban J connectivity index is 1.44. The van der Waals surface area contributed by atoms with Crippen LogP contribution in [0.3, 0.4) is 0 Å². The largest absolute Gasteiger partial charge is 0.465 e. The molecule has 3 heterocycles. The van der Waals surface area contributed by atoms with E-state index in [1.54, 1.807) is 24.3 Å². The number of likely N-dealkylation sites (N-methyl/N-ethyl adjacent to an activating group) is 1. The summed E-state index contributed by atoms with van der Waals surface area (Å²) in [6, 6.07) is 10.3. The molecule has 11 heteroatoms. The Hall–Kier alpha value is -2.85. The molecule has 2 atom stereocenters. The Kier molecular flexibility index (Phi) is 7.75. The van der Waals surface area contributed by atoms with Crippen molar-refractivity contribution in [2.45, 2.75) is 36.6 Å². The number of hydrogen-bond donors (Lipinski definition) is 1. The van der Waals surface area contributed by atoms with Crippen molar-refractivity contribution in [1.82, 2.24) is 14.8 Å². The van der Waals surface area contributed by atoms with Gasteiger partial charge in [0.15, 0.2) is 9.84 Å². The monoisotopic (exact) mass is 534 g/mol. The molecule has 0 aliphatic carbocycles. The van der Waals surface area contributed by atoms with E-state index < -0.39 is 15.9 Å². The van der Waals surface area contributed by atoms with Gasteiger partial charge in [-0.05, 0) is 49.6 Å². The van der Waals surface area contributed by atoms with E-state index in [1.807, 2.05) is 24.0 Å². The quantitative estimate of drug-likeness (QED) is 0.605. The molecule has 36 heavy (non-hydrogen) atoms. The number of likely N-dealkylation sites (tertiary alicyclic amines) is 1. The number of carboxylic acid groups (broad SMARTS) is 1. The highest BCUT2D eigenvalue weighted by molar-refractivity contribution is 7.90. The number of hydrogen-bond acceptors (Lipinski definition) is 6. The van der Waals surface area contributed by atoms with Gasteiger partial charge in [0.2, 0.25) is 5.91 Å². The molecule has 1 N–H and O–H groups in total. The van der Waals surface area contributed by atoms with Crippen LogP contribution in [-0.2, 0) is 14.6 Å². The number of aromatic nitrogens is 1. The molecule has 1 aromatic heterocycles. The van der Waals surface area contributed by atoms with E-state index in [-0.39, 0.29) is 28.7 Å². The lowest BCUT2D eigenvalue weighted by molar-refractivity contribution is -0.135. The maximum absolute atomic E-state index is 13.5. The Bertz CT molecular complexity index is 1200. The summed E-state index contributed by atoms with van der Waals surface area (Å²) in [5.74, 6) is 0.469. The Morgan fingerprint density at radius 2 is 1.78 bits per heavy atom. The molecule has 2 saturated heterocycles. The third-order valence-electron chi connectivity index (χ3n) is 7.20. The topological polar surface area (TPSA) is 111 Å². The van der Waals surface area contributed by atoms with Gasteiger partial charge in [-0.1, -0.05) is 23.7 Å². The number of halogens is 1. The number of anilines is 1. The highest BCUT2D eigenvalue weighted by Crippen LogP contribution is 2.34. The maximum atomic E-state index is 13.5. The maximum Gasteiger partial charge on any atom is 0.407 e. The molecule has 4 rings (SSSR count). The second kappa shape index (κ2) is 10.6. The van der Waals surface area contributed by atoms with Crippen LogP contribution in [0.4, 0.5) is 10.6 Å². The number of amides is 2. The van der Waals surface area contributed by atoms with Crippen molar-refractivity contribution in [3.05, 3.63) is 53.2 Å². The van der Waals surface area contributed by atoms with Gasteiger partial charge < -0.3 is 19.8 Å². The molecule has 2 aliphatic heterocycles. The Morgan fingerprint density at radius 3 is 2.31 bits per heavy atom. The van der Waals surface area contributed by atoms with Gasteiger partial charge in [0.1, 0.15) is 5.82 Å². The summed E-state index contributed by atoms with van der Waals surface area (Å²) in [7, 11) is -3.30. The fourth-order valence-electron chi connectivity index (χ4n) is 5.22. The average molecular weight is 535 g/mol. The van der Waals surface area contributed by atoms with E-state index in [4.69, 9.17) is 11.6 Å². The second-order valence-electron chi connectivity index (χ2n) is 9.42. The first-order valence-electron chi connectivity index (χ1n) is 12.0. The molecule has 2 aliphatic rings. The number of pyridine rings is 1. The minimum Gasteiger partial charge on any atom is -0.465 e. The molecule has 0 unspecified atom stereocenters. The lowest BCUT2D eigenvalue weighted by atomic mass is 9.93. The van der Waals surface area contributed by atoms with Crippen LogP contribution in [0.1, 0.15) is 31.2 Å². The third-order valence-corrected chi connectivity index (χ3v) is 8.55. The van der Waals surface area contributed by atoms with E-state index in [9.17, 15) is 23.1 Å². The minimum absolute atomic E-state index is 0.0536. The van der Waals surface area contributed by atoms with Crippen LogP contribution in [0.2, 0.25) is 5.02 Å². The van der Waals surface area contributed by atoms with Crippen LogP contribution >= 0.6 is 11.6 Å². The van der Waals surface area contributed by atoms with Gasteiger partial charge >= 0.3 is 6.09 Å². The van der Waals surface area contributed by atoms with E-state index in [1.165, 1.54) is 11.1 Å². The SMILES string of the molecule is CCN(C(=O)O)[C@@H]1CN(C(=O)C2CCN(c3ccc(S(C)(=O)=O)cn3)CC2)C[C@H]1c1ccc(Cl)cc1.